The molecule has 1 heterocycles. The third-order valence-electron chi connectivity index (χ3n) is 4.18. The fourth-order valence-corrected chi connectivity index (χ4v) is 4.44. The number of sulfonamides is 1. The topological polar surface area (TPSA) is 49.4 Å². The van der Waals surface area contributed by atoms with E-state index in [1.807, 2.05) is 24.3 Å². The lowest BCUT2D eigenvalue weighted by atomic mass is 10.2. The van der Waals surface area contributed by atoms with Crippen LogP contribution < -0.4 is 9.62 Å². The lowest BCUT2D eigenvalue weighted by molar-refractivity contribution is 0.577. The number of nitrogens with one attached hydrogen (secondary N) is 1. The summed E-state index contributed by atoms with van der Waals surface area (Å²) >= 11 is 3.35. The number of anilines is 1. The lowest BCUT2D eigenvalue weighted by Gasteiger charge is -2.19. The Morgan fingerprint density at radius 3 is 2.62 bits per heavy atom. The van der Waals surface area contributed by atoms with E-state index in [2.05, 4.69) is 49.8 Å². The number of halogens is 1. The van der Waals surface area contributed by atoms with Gasteiger partial charge in [0.15, 0.2) is 0 Å². The molecule has 1 aliphatic rings. The Bertz CT molecular complexity index is 791. The highest BCUT2D eigenvalue weighted by Crippen LogP contribution is 2.27. The van der Waals surface area contributed by atoms with E-state index >= 15 is 0 Å². The van der Waals surface area contributed by atoms with Crippen LogP contribution in [0, 0.1) is 0 Å². The van der Waals surface area contributed by atoms with E-state index in [4.69, 9.17) is 0 Å². The van der Waals surface area contributed by atoms with Gasteiger partial charge in [-0.2, -0.15) is 0 Å². The molecule has 0 saturated heterocycles. The minimum atomic E-state index is -3.29. The molecular formula is C18H21BrN2O2S. The van der Waals surface area contributed by atoms with Gasteiger partial charge >= 0.3 is 0 Å². The van der Waals surface area contributed by atoms with Gasteiger partial charge in [-0.3, -0.25) is 0 Å². The summed E-state index contributed by atoms with van der Waals surface area (Å²) < 4.78 is 27.9. The van der Waals surface area contributed by atoms with Crippen LogP contribution in [-0.2, 0) is 22.2 Å². The average molecular weight is 409 g/mol. The smallest absolute Gasteiger partial charge is 0.215 e. The molecule has 1 aliphatic heterocycles. The van der Waals surface area contributed by atoms with E-state index in [1.54, 1.807) is 0 Å². The van der Waals surface area contributed by atoms with Crippen LogP contribution in [0.3, 0.4) is 0 Å². The lowest BCUT2D eigenvalue weighted by Crippen LogP contribution is -2.30. The molecule has 0 saturated carbocycles. The first-order chi connectivity index (χ1) is 11.5. The summed E-state index contributed by atoms with van der Waals surface area (Å²) in [7, 11) is -3.29. The number of fused-ring (bicyclic) bond motifs is 1. The van der Waals surface area contributed by atoms with Crippen molar-refractivity contribution in [2.75, 3.05) is 24.5 Å². The van der Waals surface area contributed by atoms with Gasteiger partial charge < -0.3 is 4.90 Å². The molecule has 128 valence electrons. The van der Waals surface area contributed by atoms with Crippen molar-refractivity contribution in [1.82, 2.24) is 4.72 Å². The normalized spacial score (nSPS) is 14.0. The maximum Gasteiger partial charge on any atom is 0.215 e. The summed E-state index contributed by atoms with van der Waals surface area (Å²) in [6.45, 7) is 2.36. The third-order valence-corrected chi connectivity index (χ3v) is 6.07. The Morgan fingerprint density at radius 2 is 1.83 bits per heavy atom. The second-order valence-corrected chi connectivity index (χ2v) is 8.72. The minimum absolute atomic E-state index is 0.0207. The van der Waals surface area contributed by atoms with Crippen LogP contribution in [0.1, 0.15) is 17.5 Å². The number of rotatable bonds is 7. The highest BCUT2D eigenvalue weighted by atomic mass is 79.9. The molecule has 0 spiro atoms. The number of hydrogen-bond acceptors (Lipinski definition) is 3. The zero-order chi connectivity index (χ0) is 17.0. The van der Waals surface area contributed by atoms with Crippen molar-refractivity contribution in [3.63, 3.8) is 0 Å². The minimum Gasteiger partial charge on any atom is -0.371 e. The van der Waals surface area contributed by atoms with Gasteiger partial charge in [0, 0.05) is 29.8 Å². The largest absolute Gasteiger partial charge is 0.371 e. The standard InChI is InChI=1S/C18H21BrN2O2S/c19-17-8-6-15(7-9-17)14-24(22,23)20-11-3-12-21-13-10-16-4-1-2-5-18(16)21/h1-2,4-9,20H,3,10-14H2. The van der Waals surface area contributed by atoms with Crippen molar-refractivity contribution in [2.24, 2.45) is 0 Å². The summed E-state index contributed by atoms with van der Waals surface area (Å²) in [6.07, 6.45) is 1.87. The quantitative estimate of drug-likeness (QED) is 0.714. The Hall–Kier alpha value is -1.37. The van der Waals surface area contributed by atoms with Crippen LogP contribution in [0.5, 0.6) is 0 Å². The predicted molar refractivity (Wildman–Crippen MR) is 102 cm³/mol. The second kappa shape index (κ2) is 7.68. The summed E-state index contributed by atoms with van der Waals surface area (Å²) in [6, 6.07) is 15.8. The molecule has 4 nitrogen and oxygen atoms in total. The first kappa shape index (κ1) is 17.5. The van der Waals surface area contributed by atoms with Gasteiger partial charge in [-0.05, 0) is 42.2 Å². The van der Waals surface area contributed by atoms with Crippen molar-refractivity contribution in [2.45, 2.75) is 18.6 Å². The number of benzene rings is 2. The summed E-state index contributed by atoms with van der Waals surface area (Å²) in [5, 5.41) is 0. The maximum absolute atomic E-state index is 12.1. The molecule has 0 radical (unpaired) electrons. The number of nitrogens with zero attached hydrogens (tertiary/aromatic N) is 1. The van der Waals surface area contributed by atoms with E-state index in [-0.39, 0.29) is 5.75 Å². The Kier molecular flexibility index (Phi) is 5.58. The summed E-state index contributed by atoms with van der Waals surface area (Å²) in [5.74, 6) is 0.0207. The zero-order valence-corrected chi connectivity index (χ0v) is 15.8. The molecule has 24 heavy (non-hydrogen) atoms. The number of hydrogen-bond donors (Lipinski definition) is 1. The number of para-hydroxylation sites is 1. The fourth-order valence-electron chi connectivity index (χ4n) is 2.99. The van der Waals surface area contributed by atoms with Gasteiger partial charge in [0.05, 0.1) is 5.75 Å². The van der Waals surface area contributed by atoms with Crippen LogP contribution in [0.15, 0.2) is 53.0 Å². The molecule has 0 aromatic heterocycles. The van der Waals surface area contributed by atoms with Crippen molar-refractivity contribution in [1.29, 1.82) is 0 Å². The van der Waals surface area contributed by atoms with Gasteiger partial charge in [-0.15, -0.1) is 0 Å². The molecule has 6 heteroatoms. The molecule has 0 unspecified atom stereocenters. The Morgan fingerprint density at radius 1 is 1.08 bits per heavy atom. The molecule has 0 fully saturated rings. The summed E-state index contributed by atoms with van der Waals surface area (Å²) in [4.78, 5) is 2.33. The van der Waals surface area contributed by atoms with E-state index < -0.39 is 10.0 Å². The molecule has 2 aromatic carbocycles. The van der Waals surface area contributed by atoms with Gasteiger partial charge in [-0.1, -0.05) is 46.3 Å². The molecule has 0 aliphatic carbocycles. The van der Waals surface area contributed by atoms with Crippen LogP contribution in [-0.4, -0.2) is 28.1 Å². The van der Waals surface area contributed by atoms with E-state index in [9.17, 15) is 8.42 Å². The van der Waals surface area contributed by atoms with Crippen molar-refractivity contribution in [3.8, 4) is 0 Å². The van der Waals surface area contributed by atoms with Crippen LogP contribution in [0.2, 0.25) is 0 Å². The fraction of sp³-hybridized carbons (Fsp3) is 0.333. The first-order valence-electron chi connectivity index (χ1n) is 8.08. The summed E-state index contributed by atoms with van der Waals surface area (Å²) in [5.41, 5.74) is 3.46. The van der Waals surface area contributed by atoms with Crippen LogP contribution in [0.25, 0.3) is 0 Å². The SMILES string of the molecule is O=S(=O)(Cc1ccc(Br)cc1)NCCCN1CCc2ccccc21. The van der Waals surface area contributed by atoms with Gasteiger partial charge in [-0.25, -0.2) is 13.1 Å². The van der Waals surface area contributed by atoms with Crippen molar-refractivity contribution >= 4 is 31.6 Å². The van der Waals surface area contributed by atoms with Gasteiger partial charge in [0.1, 0.15) is 0 Å². The average Bonchev–Trinajstić information content (AvgIpc) is 2.97. The van der Waals surface area contributed by atoms with Crippen LogP contribution >= 0.6 is 15.9 Å². The highest BCUT2D eigenvalue weighted by Gasteiger charge is 2.18. The predicted octanol–water partition coefficient (Wildman–Crippen LogP) is 3.32. The monoisotopic (exact) mass is 408 g/mol. The Balaban J connectivity index is 1.45. The van der Waals surface area contributed by atoms with Gasteiger partial charge in [0.25, 0.3) is 0 Å². The third kappa shape index (κ3) is 4.59. The van der Waals surface area contributed by atoms with Crippen molar-refractivity contribution in [3.05, 3.63) is 64.1 Å². The van der Waals surface area contributed by atoms with E-state index in [0.29, 0.717) is 6.54 Å². The molecule has 0 bridgehead atoms. The van der Waals surface area contributed by atoms with Crippen molar-refractivity contribution < 1.29 is 8.42 Å². The molecule has 2 aromatic rings. The van der Waals surface area contributed by atoms with Crippen LogP contribution in [0.4, 0.5) is 5.69 Å². The van der Waals surface area contributed by atoms with E-state index in [0.717, 1.165) is 36.0 Å². The zero-order valence-electron chi connectivity index (χ0n) is 13.4. The second-order valence-electron chi connectivity index (χ2n) is 6.00. The maximum atomic E-state index is 12.1. The first-order valence-corrected chi connectivity index (χ1v) is 10.5. The molecule has 0 amide bonds. The Labute approximate surface area is 152 Å². The van der Waals surface area contributed by atoms with Gasteiger partial charge in [0.2, 0.25) is 10.0 Å². The molecular weight excluding hydrogens is 388 g/mol. The van der Waals surface area contributed by atoms with E-state index in [1.165, 1.54) is 11.3 Å². The molecule has 0 atom stereocenters. The highest BCUT2D eigenvalue weighted by molar-refractivity contribution is 9.10. The molecule has 3 rings (SSSR count). The molecule has 1 N–H and O–H groups in total.